The van der Waals surface area contributed by atoms with Crippen molar-refractivity contribution in [1.29, 1.82) is 0 Å². The van der Waals surface area contributed by atoms with E-state index >= 15 is 0 Å². The summed E-state index contributed by atoms with van der Waals surface area (Å²) in [7, 11) is -3.65. The van der Waals surface area contributed by atoms with E-state index in [0.29, 0.717) is 39.0 Å². The van der Waals surface area contributed by atoms with Crippen LogP contribution in [-0.2, 0) is 15.6 Å². The van der Waals surface area contributed by atoms with Crippen molar-refractivity contribution >= 4 is 38.8 Å². The van der Waals surface area contributed by atoms with E-state index in [1.165, 1.54) is 6.07 Å². The number of hydrogen-bond donors (Lipinski definition) is 2. The maximum absolute atomic E-state index is 13.1. The van der Waals surface area contributed by atoms with Crippen molar-refractivity contribution in [2.75, 3.05) is 10.6 Å². The van der Waals surface area contributed by atoms with Gasteiger partial charge in [0.25, 0.3) is 0 Å². The molecule has 7 nitrogen and oxygen atoms in total. The molecule has 0 bridgehead atoms. The highest BCUT2D eigenvalue weighted by atomic mass is 35.5. The first-order valence-corrected chi connectivity index (χ1v) is 12.4. The van der Waals surface area contributed by atoms with Crippen molar-refractivity contribution in [3.8, 4) is 11.3 Å². The number of hydrogen-bond acceptors (Lipinski definition) is 5. The Morgan fingerprint density at radius 2 is 1.68 bits per heavy atom. The number of aromatic nitrogens is 1. The van der Waals surface area contributed by atoms with Crippen LogP contribution >= 0.6 is 11.6 Å². The molecule has 4 aromatic rings. The number of nitrogens with zero attached hydrogens (tertiary/aromatic N) is 1. The Balaban J connectivity index is 1.53. The van der Waals surface area contributed by atoms with E-state index in [2.05, 4.69) is 15.8 Å². The summed E-state index contributed by atoms with van der Waals surface area (Å²) >= 11 is 5.89. The van der Waals surface area contributed by atoms with Gasteiger partial charge in [0.05, 0.1) is 10.6 Å². The normalized spacial score (nSPS) is 11.3. The van der Waals surface area contributed by atoms with E-state index in [1.54, 1.807) is 50.2 Å². The summed E-state index contributed by atoms with van der Waals surface area (Å²) in [5.41, 5.74) is 3.28. The summed E-state index contributed by atoms with van der Waals surface area (Å²) in [4.78, 5) is 12.9. The molecule has 4 rings (SSSR count). The average Bonchev–Trinajstić information content (AvgIpc) is 3.17. The molecule has 0 saturated heterocycles. The third-order valence-corrected chi connectivity index (χ3v) is 7.27. The lowest BCUT2D eigenvalue weighted by Crippen LogP contribution is -2.20. The summed E-state index contributed by atoms with van der Waals surface area (Å²) in [6, 6.07) is 20.2. The molecule has 0 saturated carbocycles. The SMILES string of the molecule is Cc1ccc(NC(=O)Nc2c(-c3ccccc3)noc2C)cc1S(=O)(=O)Cc1ccc(Cl)cc1. The third-order valence-electron chi connectivity index (χ3n) is 5.20. The highest BCUT2D eigenvalue weighted by Crippen LogP contribution is 2.30. The summed E-state index contributed by atoms with van der Waals surface area (Å²) in [5.74, 6) is 0.269. The van der Waals surface area contributed by atoms with Crippen LogP contribution in [0.4, 0.5) is 16.2 Å². The molecular weight excluding hydrogens is 474 g/mol. The van der Waals surface area contributed by atoms with E-state index in [9.17, 15) is 13.2 Å². The van der Waals surface area contributed by atoms with Crippen molar-refractivity contribution in [3.63, 3.8) is 0 Å². The van der Waals surface area contributed by atoms with Crippen LogP contribution in [0, 0.1) is 13.8 Å². The number of carbonyl (C=O) groups is 1. The van der Waals surface area contributed by atoms with E-state index in [0.717, 1.165) is 5.56 Å². The Labute approximate surface area is 202 Å². The second-order valence-electron chi connectivity index (χ2n) is 7.77. The van der Waals surface area contributed by atoms with E-state index in [1.807, 2.05) is 30.3 Å². The van der Waals surface area contributed by atoms with Gasteiger partial charge in [-0.2, -0.15) is 0 Å². The molecule has 0 aliphatic heterocycles. The minimum Gasteiger partial charge on any atom is -0.359 e. The van der Waals surface area contributed by atoms with Gasteiger partial charge in [-0.25, -0.2) is 13.2 Å². The Morgan fingerprint density at radius 1 is 0.971 bits per heavy atom. The Morgan fingerprint density at radius 3 is 2.38 bits per heavy atom. The third kappa shape index (κ3) is 5.30. The minimum absolute atomic E-state index is 0.145. The van der Waals surface area contributed by atoms with Gasteiger partial charge < -0.3 is 15.2 Å². The zero-order chi connectivity index (χ0) is 24.3. The minimum atomic E-state index is -3.65. The van der Waals surface area contributed by atoms with Gasteiger partial charge in [-0.05, 0) is 49.2 Å². The number of carbonyl (C=O) groups excluding carboxylic acids is 1. The molecule has 3 aromatic carbocycles. The molecular formula is C25H22ClN3O4S. The van der Waals surface area contributed by atoms with Crippen molar-refractivity contribution in [2.45, 2.75) is 24.5 Å². The Kier molecular flexibility index (Phi) is 6.72. The van der Waals surface area contributed by atoms with Gasteiger partial charge in [0.1, 0.15) is 11.4 Å². The summed E-state index contributed by atoms with van der Waals surface area (Å²) in [6.07, 6.45) is 0. The van der Waals surface area contributed by atoms with E-state index in [-0.39, 0.29) is 10.6 Å². The van der Waals surface area contributed by atoms with Gasteiger partial charge in [-0.3, -0.25) is 0 Å². The largest absolute Gasteiger partial charge is 0.359 e. The number of nitrogens with one attached hydrogen (secondary N) is 2. The summed E-state index contributed by atoms with van der Waals surface area (Å²) < 4.78 is 31.4. The Hall–Kier alpha value is -3.62. The van der Waals surface area contributed by atoms with Crippen molar-refractivity contribution in [1.82, 2.24) is 5.16 Å². The second-order valence-corrected chi connectivity index (χ2v) is 10.2. The summed E-state index contributed by atoms with van der Waals surface area (Å²) in [6.45, 7) is 3.41. The lowest BCUT2D eigenvalue weighted by Gasteiger charge is -2.12. The highest BCUT2D eigenvalue weighted by Gasteiger charge is 2.20. The molecule has 0 atom stereocenters. The number of anilines is 2. The lowest BCUT2D eigenvalue weighted by atomic mass is 10.1. The fourth-order valence-corrected chi connectivity index (χ4v) is 5.26. The monoisotopic (exact) mass is 495 g/mol. The van der Waals surface area contributed by atoms with Crippen molar-refractivity contribution < 1.29 is 17.7 Å². The number of benzene rings is 3. The zero-order valence-corrected chi connectivity index (χ0v) is 20.1. The van der Waals surface area contributed by atoms with Gasteiger partial charge in [-0.15, -0.1) is 0 Å². The fraction of sp³-hybridized carbons (Fsp3) is 0.120. The van der Waals surface area contributed by atoms with Crippen LogP contribution in [0.1, 0.15) is 16.9 Å². The topological polar surface area (TPSA) is 101 Å². The van der Waals surface area contributed by atoms with Crippen LogP contribution in [0.15, 0.2) is 82.2 Å². The molecule has 0 aliphatic carbocycles. The van der Waals surface area contributed by atoms with Gasteiger partial charge in [-0.1, -0.05) is 65.3 Å². The number of halogens is 1. The van der Waals surface area contributed by atoms with E-state index in [4.69, 9.17) is 16.1 Å². The number of urea groups is 1. The molecule has 0 unspecified atom stereocenters. The molecule has 34 heavy (non-hydrogen) atoms. The second kappa shape index (κ2) is 9.70. The van der Waals surface area contributed by atoms with Gasteiger partial charge >= 0.3 is 6.03 Å². The predicted molar refractivity (Wildman–Crippen MR) is 133 cm³/mol. The van der Waals surface area contributed by atoms with Crippen LogP contribution in [0.2, 0.25) is 5.02 Å². The maximum Gasteiger partial charge on any atom is 0.323 e. The predicted octanol–water partition coefficient (Wildman–Crippen LogP) is 6.23. The van der Waals surface area contributed by atoms with Crippen molar-refractivity contribution in [2.24, 2.45) is 0 Å². The van der Waals surface area contributed by atoms with Gasteiger partial charge in [0.2, 0.25) is 0 Å². The van der Waals surface area contributed by atoms with Crippen LogP contribution in [0.25, 0.3) is 11.3 Å². The average molecular weight is 496 g/mol. The molecule has 2 amide bonds. The van der Waals surface area contributed by atoms with E-state index < -0.39 is 15.9 Å². The molecule has 0 fully saturated rings. The van der Waals surface area contributed by atoms with Crippen LogP contribution in [0.3, 0.4) is 0 Å². The van der Waals surface area contributed by atoms with Crippen LogP contribution in [0.5, 0.6) is 0 Å². The molecule has 2 N–H and O–H groups in total. The van der Waals surface area contributed by atoms with Gasteiger partial charge in [0, 0.05) is 16.3 Å². The van der Waals surface area contributed by atoms with Crippen LogP contribution < -0.4 is 10.6 Å². The standard InChI is InChI=1S/C25H22ClN3O4S/c1-16-8-13-21(14-22(16)34(31,32)15-18-9-11-20(26)12-10-18)27-25(30)28-23-17(2)33-29-24(23)19-6-4-3-5-7-19/h3-14H,15H2,1-2H3,(H2,27,28,30). The fourth-order valence-electron chi connectivity index (χ4n) is 3.48. The first-order valence-electron chi connectivity index (χ1n) is 10.4. The quantitative estimate of drug-likeness (QED) is 0.330. The first-order chi connectivity index (χ1) is 16.2. The maximum atomic E-state index is 13.1. The summed E-state index contributed by atoms with van der Waals surface area (Å²) in [5, 5.41) is 10.0. The molecule has 0 aliphatic rings. The van der Waals surface area contributed by atoms with Crippen molar-refractivity contribution in [3.05, 3.63) is 94.7 Å². The molecule has 0 spiro atoms. The number of sulfone groups is 1. The molecule has 174 valence electrons. The molecule has 1 aromatic heterocycles. The van der Waals surface area contributed by atoms with Gasteiger partial charge in [0.15, 0.2) is 15.6 Å². The zero-order valence-electron chi connectivity index (χ0n) is 18.5. The number of rotatable bonds is 6. The molecule has 1 heterocycles. The number of amides is 2. The molecule has 9 heteroatoms. The highest BCUT2D eigenvalue weighted by molar-refractivity contribution is 7.90. The number of aryl methyl sites for hydroxylation is 2. The first kappa shape index (κ1) is 23.5. The van der Waals surface area contributed by atoms with Crippen LogP contribution in [-0.4, -0.2) is 19.6 Å². The molecule has 0 radical (unpaired) electrons. The smallest absolute Gasteiger partial charge is 0.323 e. The lowest BCUT2D eigenvalue weighted by molar-refractivity contribution is 0.262. The Bertz CT molecular complexity index is 1430.